The summed E-state index contributed by atoms with van der Waals surface area (Å²) in [5.41, 5.74) is 0. The number of hydrogen-bond donors (Lipinski definition) is 1. The Morgan fingerprint density at radius 1 is 0.905 bits per heavy atom. The predicted octanol–water partition coefficient (Wildman–Crippen LogP) is 4.84. The van der Waals surface area contributed by atoms with Crippen molar-refractivity contribution < 1.29 is 0 Å². The van der Waals surface area contributed by atoms with Crippen LogP contribution in [0.3, 0.4) is 0 Å². The molecule has 0 radical (unpaired) electrons. The number of nitrogens with zero attached hydrogens (tertiary/aromatic N) is 1. The highest BCUT2D eigenvalue weighted by atomic mass is 15.2. The summed E-state index contributed by atoms with van der Waals surface area (Å²) in [6.07, 6.45) is 14.2. The van der Waals surface area contributed by atoms with Gasteiger partial charge < -0.3 is 5.32 Å². The van der Waals surface area contributed by atoms with Crippen molar-refractivity contribution in [2.75, 3.05) is 20.1 Å². The van der Waals surface area contributed by atoms with Gasteiger partial charge in [-0.25, -0.2) is 0 Å². The molecule has 0 bridgehead atoms. The Morgan fingerprint density at radius 2 is 1.43 bits per heavy atom. The molecule has 126 valence electrons. The van der Waals surface area contributed by atoms with Gasteiger partial charge in [0.1, 0.15) is 0 Å². The van der Waals surface area contributed by atoms with E-state index in [0.717, 1.165) is 12.0 Å². The van der Waals surface area contributed by atoms with Gasteiger partial charge in [-0.1, -0.05) is 72.1 Å². The summed E-state index contributed by atoms with van der Waals surface area (Å²) in [7, 11) is 2.17. The van der Waals surface area contributed by atoms with Gasteiger partial charge in [-0.15, -0.1) is 0 Å². The van der Waals surface area contributed by atoms with Crippen molar-refractivity contribution in [2.45, 2.75) is 97.1 Å². The number of rotatable bonds is 5. The number of hydrogen-bond acceptors (Lipinski definition) is 2. The van der Waals surface area contributed by atoms with Crippen LogP contribution in [0.2, 0.25) is 0 Å². The summed E-state index contributed by atoms with van der Waals surface area (Å²) < 4.78 is 0. The fourth-order valence-corrected chi connectivity index (χ4v) is 3.91. The van der Waals surface area contributed by atoms with Crippen LogP contribution in [-0.2, 0) is 0 Å². The summed E-state index contributed by atoms with van der Waals surface area (Å²) >= 11 is 0. The maximum Gasteiger partial charge on any atom is 0.0249 e. The monoisotopic (exact) mass is 296 g/mol. The van der Waals surface area contributed by atoms with Crippen molar-refractivity contribution in [3.63, 3.8) is 0 Å². The zero-order valence-electron chi connectivity index (χ0n) is 15.2. The van der Waals surface area contributed by atoms with E-state index < -0.39 is 0 Å². The molecule has 2 atom stereocenters. The van der Waals surface area contributed by atoms with E-state index in [-0.39, 0.29) is 0 Å². The topological polar surface area (TPSA) is 15.3 Å². The molecule has 1 rings (SSSR count). The average molecular weight is 297 g/mol. The molecule has 1 N–H and O–H groups in total. The van der Waals surface area contributed by atoms with Crippen molar-refractivity contribution in [1.29, 1.82) is 0 Å². The van der Waals surface area contributed by atoms with Gasteiger partial charge in [0.25, 0.3) is 0 Å². The minimum atomic E-state index is 0.683. The van der Waals surface area contributed by atoms with Crippen molar-refractivity contribution in [3.05, 3.63) is 0 Å². The van der Waals surface area contributed by atoms with E-state index in [1.54, 1.807) is 0 Å². The van der Waals surface area contributed by atoms with Gasteiger partial charge in [-0.2, -0.15) is 0 Å². The summed E-state index contributed by atoms with van der Waals surface area (Å²) in [5.74, 6) is 0.767. The summed E-state index contributed by atoms with van der Waals surface area (Å²) in [4.78, 5) is 2.75. The largest absolute Gasteiger partial charge is 0.315 e. The lowest BCUT2D eigenvalue weighted by atomic mass is 9.92. The fourth-order valence-electron chi connectivity index (χ4n) is 3.91. The first-order chi connectivity index (χ1) is 10.2. The first-order valence-corrected chi connectivity index (χ1v) is 9.60. The first-order valence-electron chi connectivity index (χ1n) is 9.60. The number of nitrogens with one attached hydrogen (secondary N) is 1. The van der Waals surface area contributed by atoms with Crippen LogP contribution in [-0.4, -0.2) is 37.1 Å². The Balaban J connectivity index is 2.68. The second kappa shape index (κ2) is 11.5. The summed E-state index contributed by atoms with van der Waals surface area (Å²) in [6.45, 7) is 9.49. The maximum absolute atomic E-state index is 3.65. The van der Waals surface area contributed by atoms with Crippen molar-refractivity contribution >= 4 is 0 Å². The van der Waals surface area contributed by atoms with E-state index in [0.29, 0.717) is 6.04 Å². The molecule has 0 saturated heterocycles. The Kier molecular flexibility index (Phi) is 10.4. The SMILES string of the molecule is CCN(CC(C)C)C1CCCCCCCCCCC1NC. The third-order valence-electron chi connectivity index (χ3n) is 5.08. The highest BCUT2D eigenvalue weighted by Gasteiger charge is 2.25. The molecule has 1 saturated carbocycles. The fraction of sp³-hybridized carbons (Fsp3) is 1.00. The minimum absolute atomic E-state index is 0.683. The molecule has 2 unspecified atom stereocenters. The van der Waals surface area contributed by atoms with Crippen LogP contribution in [0.25, 0.3) is 0 Å². The molecule has 1 aliphatic rings. The van der Waals surface area contributed by atoms with E-state index in [9.17, 15) is 0 Å². The normalized spacial score (nSPS) is 26.6. The Labute approximate surface area is 134 Å². The molecule has 1 fully saturated rings. The maximum atomic E-state index is 3.65. The zero-order chi connectivity index (χ0) is 15.5. The molecule has 1 aliphatic carbocycles. The molecular formula is C19H40N2. The molecule has 0 aromatic carbocycles. The Hall–Kier alpha value is -0.0800. The smallest absolute Gasteiger partial charge is 0.0249 e. The molecule has 0 heterocycles. The third-order valence-corrected chi connectivity index (χ3v) is 5.08. The van der Waals surface area contributed by atoms with Crippen LogP contribution in [0.5, 0.6) is 0 Å². The summed E-state index contributed by atoms with van der Waals surface area (Å²) in [6, 6.07) is 1.42. The predicted molar refractivity (Wildman–Crippen MR) is 94.9 cm³/mol. The Bertz CT molecular complexity index is 240. The van der Waals surface area contributed by atoms with Crippen LogP contribution in [0, 0.1) is 5.92 Å². The van der Waals surface area contributed by atoms with Crippen LogP contribution < -0.4 is 5.32 Å². The van der Waals surface area contributed by atoms with Crippen LogP contribution in [0.15, 0.2) is 0 Å². The van der Waals surface area contributed by atoms with E-state index in [1.807, 2.05) is 0 Å². The summed E-state index contributed by atoms with van der Waals surface area (Å²) in [5, 5.41) is 3.65. The first kappa shape index (κ1) is 19.0. The molecular weight excluding hydrogens is 256 g/mol. The van der Waals surface area contributed by atoms with Gasteiger partial charge in [0, 0.05) is 18.6 Å². The van der Waals surface area contributed by atoms with Gasteiger partial charge in [0.15, 0.2) is 0 Å². The van der Waals surface area contributed by atoms with E-state index >= 15 is 0 Å². The standard InChI is InChI=1S/C19H40N2/c1-5-21(16-17(2)3)19-15-13-11-9-7-6-8-10-12-14-18(19)20-4/h17-20H,5-16H2,1-4H3. The van der Waals surface area contributed by atoms with Gasteiger partial charge in [0.2, 0.25) is 0 Å². The molecule has 0 aliphatic heterocycles. The van der Waals surface area contributed by atoms with Gasteiger partial charge >= 0.3 is 0 Å². The lowest BCUT2D eigenvalue weighted by Gasteiger charge is -2.38. The van der Waals surface area contributed by atoms with Crippen molar-refractivity contribution in [1.82, 2.24) is 10.2 Å². The molecule has 0 aromatic heterocycles. The lowest BCUT2D eigenvalue weighted by Crippen LogP contribution is -2.50. The van der Waals surface area contributed by atoms with Gasteiger partial charge in [-0.3, -0.25) is 4.90 Å². The highest BCUT2D eigenvalue weighted by Crippen LogP contribution is 2.21. The number of likely N-dealkylation sites (N-methyl/N-ethyl adjacent to an activating group) is 2. The quantitative estimate of drug-likeness (QED) is 0.781. The second-order valence-electron chi connectivity index (χ2n) is 7.35. The van der Waals surface area contributed by atoms with Crippen molar-refractivity contribution in [2.24, 2.45) is 5.92 Å². The van der Waals surface area contributed by atoms with Crippen molar-refractivity contribution in [3.8, 4) is 0 Å². The molecule has 0 aromatic rings. The van der Waals surface area contributed by atoms with Crippen LogP contribution in [0.4, 0.5) is 0 Å². The molecule has 0 amide bonds. The van der Waals surface area contributed by atoms with E-state index in [1.165, 1.54) is 77.3 Å². The van der Waals surface area contributed by atoms with E-state index in [4.69, 9.17) is 0 Å². The van der Waals surface area contributed by atoms with E-state index in [2.05, 4.69) is 38.0 Å². The highest BCUT2D eigenvalue weighted by molar-refractivity contribution is 4.84. The third kappa shape index (κ3) is 7.65. The van der Waals surface area contributed by atoms with Crippen LogP contribution >= 0.6 is 0 Å². The molecule has 2 nitrogen and oxygen atoms in total. The Morgan fingerprint density at radius 3 is 1.90 bits per heavy atom. The lowest BCUT2D eigenvalue weighted by molar-refractivity contribution is 0.133. The molecule has 2 heteroatoms. The van der Waals surface area contributed by atoms with Gasteiger partial charge in [-0.05, 0) is 32.4 Å². The molecule has 21 heavy (non-hydrogen) atoms. The van der Waals surface area contributed by atoms with Crippen LogP contribution in [0.1, 0.15) is 85.0 Å². The minimum Gasteiger partial charge on any atom is -0.315 e. The molecule has 0 spiro atoms. The average Bonchev–Trinajstić information content (AvgIpc) is 2.45. The zero-order valence-corrected chi connectivity index (χ0v) is 15.2. The second-order valence-corrected chi connectivity index (χ2v) is 7.35. The van der Waals surface area contributed by atoms with Gasteiger partial charge in [0.05, 0.1) is 0 Å².